The van der Waals surface area contributed by atoms with E-state index < -0.39 is 0 Å². The molecule has 2 aromatic rings. The van der Waals surface area contributed by atoms with E-state index in [2.05, 4.69) is 53.4 Å². The number of carbonyl (C=O) groups excluding carboxylic acids is 1. The predicted molar refractivity (Wildman–Crippen MR) is 100 cm³/mol. The lowest BCUT2D eigenvalue weighted by Crippen LogP contribution is -2.42. The maximum Gasteiger partial charge on any atom is 0.223 e. The van der Waals surface area contributed by atoms with Gasteiger partial charge in [0.05, 0.1) is 6.04 Å². The number of nitrogens with zero attached hydrogens (tertiary/aromatic N) is 1. The van der Waals surface area contributed by atoms with Crippen LogP contribution in [0.25, 0.3) is 0 Å². The molecule has 0 radical (unpaired) electrons. The van der Waals surface area contributed by atoms with Gasteiger partial charge in [-0.3, -0.25) is 4.79 Å². The van der Waals surface area contributed by atoms with E-state index in [9.17, 15) is 4.79 Å². The molecule has 25 heavy (non-hydrogen) atoms. The Labute approximate surface area is 149 Å². The van der Waals surface area contributed by atoms with Gasteiger partial charge >= 0.3 is 0 Å². The van der Waals surface area contributed by atoms with Crippen LogP contribution in [-0.2, 0) is 11.2 Å². The summed E-state index contributed by atoms with van der Waals surface area (Å²) >= 11 is 0. The normalized spacial score (nSPS) is 25.6. The number of carbonyl (C=O) groups is 1. The minimum absolute atomic E-state index is 0.0243. The molecule has 3 atom stereocenters. The highest BCUT2D eigenvalue weighted by Crippen LogP contribution is 2.36. The molecule has 1 fully saturated rings. The molecule has 0 spiro atoms. The topological polar surface area (TPSA) is 46.3 Å². The van der Waals surface area contributed by atoms with Crippen molar-refractivity contribution in [2.45, 2.75) is 44.2 Å². The maximum atomic E-state index is 13.2. The fraction of sp³-hybridized carbons (Fsp3) is 0.409. The van der Waals surface area contributed by atoms with Gasteiger partial charge in [0.25, 0.3) is 0 Å². The Morgan fingerprint density at radius 2 is 1.80 bits per heavy atom. The van der Waals surface area contributed by atoms with Gasteiger partial charge in [-0.25, -0.2) is 0 Å². The SMILES string of the molecule is N[C@@H]1CCC[C@H]1CC(=O)N1CCc2ccccc2C1c1ccccc1. The van der Waals surface area contributed by atoms with Crippen LogP contribution in [0.4, 0.5) is 0 Å². The van der Waals surface area contributed by atoms with E-state index in [1.807, 2.05) is 6.07 Å². The smallest absolute Gasteiger partial charge is 0.223 e. The fourth-order valence-electron chi connectivity index (χ4n) is 4.49. The van der Waals surface area contributed by atoms with Gasteiger partial charge < -0.3 is 10.6 Å². The molecule has 1 aliphatic carbocycles. The van der Waals surface area contributed by atoms with Gasteiger partial charge in [0.1, 0.15) is 0 Å². The average Bonchev–Trinajstić information content (AvgIpc) is 3.06. The molecule has 3 heteroatoms. The summed E-state index contributed by atoms with van der Waals surface area (Å²) in [6.45, 7) is 0.789. The molecular formula is C22H26N2O. The van der Waals surface area contributed by atoms with Crippen molar-refractivity contribution in [2.75, 3.05) is 6.54 Å². The second-order valence-electron chi connectivity index (χ2n) is 7.41. The Balaban J connectivity index is 1.65. The zero-order valence-electron chi connectivity index (χ0n) is 14.6. The van der Waals surface area contributed by atoms with Crippen LogP contribution in [-0.4, -0.2) is 23.4 Å². The summed E-state index contributed by atoms with van der Waals surface area (Å²) in [6, 6.07) is 19.2. The van der Waals surface area contributed by atoms with E-state index in [-0.39, 0.29) is 18.0 Å². The zero-order valence-corrected chi connectivity index (χ0v) is 14.6. The molecule has 1 saturated carbocycles. The number of rotatable bonds is 3. The van der Waals surface area contributed by atoms with Gasteiger partial charge in [-0.2, -0.15) is 0 Å². The molecule has 2 N–H and O–H groups in total. The molecule has 4 rings (SSSR count). The van der Waals surface area contributed by atoms with Crippen LogP contribution >= 0.6 is 0 Å². The van der Waals surface area contributed by atoms with E-state index in [0.29, 0.717) is 12.3 Å². The quantitative estimate of drug-likeness (QED) is 0.931. The third-order valence-electron chi connectivity index (χ3n) is 5.87. The first-order chi connectivity index (χ1) is 12.2. The van der Waals surface area contributed by atoms with Crippen molar-refractivity contribution < 1.29 is 4.79 Å². The van der Waals surface area contributed by atoms with Crippen LogP contribution in [0.2, 0.25) is 0 Å². The Morgan fingerprint density at radius 3 is 2.56 bits per heavy atom. The molecule has 0 bridgehead atoms. The summed E-state index contributed by atoms with van der Waals surface area (Å²) < 4.78 is 0. The molecule has 3 nitrogen and oxygen atoms in total. The number of benzene rings is 2. The van der Waals surface area contributed by atoms with Crippen molar-refractivity contribution in [1.29, 1.82) is 0 Å². The molecule has 1 heterocycles. The van der Waals surface area contributed by atoms with Crippen molar-refractivity contribution in [3.8, 4) is 0 Å². The first kappa shape index (κ1) is 16.3. The number of hydrogen-bond acceptors (Lipinski definition) is 2. The first-order valence-electron chi connectivity index (χ1n) is 9.42. The number of fused-ring (bicyclic) bond motifs is 1. The summed E-state index contributed by atoms with van der Waals surface area (Å²) in [4.78, 5) is 15.2. The first-order valence-corrected chi connectivity index (χ1v) is 9.42. The Hall–Kier alpha value is -2.13. The Morgan fingerprint density at radius 1 is 1.04 bits per heavy atom. The lowest BCUT2D eigenvalue weighted by molar-refractivity contribution is -0.134. The minimum atomic E-state index is 0.0243. The molecular weight excluding hydrogens is 308 g/mol. The number of hydrogen-bond donors (Lipinski definition) is 1. The molecule has 2 aliphatic rings. The van der Waals surface area contributed by atoms with Crippen molar-refractivity contribution in [1.82, 2.24) is 4.90 Å². The highest BCUT2D eigenvalue weighted by atomic mass is 16.2. The van der Waals surface area contributed by atoms with Crippen LogP contribution in [0.3, 0.4) is 0 Å². The summed E-state index contributed by atoms with van der Waals surface area (Å²) in [5.74, 6) is 0.604. The molecule has 1 aliphatic heterocycles. The van der Waals surface area contributed by atoms with E-state index in [1.54, 1.807) is 0 Å². The van der Waals surface area contributed by atoms with E-state index in [0.717, 1.165) is 32.2 Å². The lowest BCUT2D eigenvalue weighted by Gasteiger charge is -2.38. The molecule has 130 valence electrons. The largest absolute Gasteiger partial charge is 0.331 e. The van der Waals surface area contributed by atoms with Gasteiger partial charge in [0.15, 0.2) is 0 Å². The monoisotopic (exact) mass is 334 g/mol. The second-order valence-corrected chi connectivity index (χ2v) is 7.41. The highest BCUT2D eigenvalue weighted by Gasteiger charge is 2.34. The highest BCUT2D eigenvalue weighted by molar-refractivity contribution is 5.78. The summed E-state index contributed by atoms with van der Waals surface area (Å²) in [5.41, 5.74) is 10.0. The van der Waals surface area contributed by atoms with Gasteiger partial charge in [0, 0.05) is 19.0 Å². The van der Waals surface area contributed by atoms with Gasteiger partial charge in [0.2, 0.25) is 5.91 Å². The minimum Gasteiger partial charge on any atom is -0.331 e. The molecule has 0 saturated heterocycles. The van der Waals surface area contributed by atoms with E-state index >= 15 is 0 Å². The van der Waals surface area contributed by atoms with E-state index in [1.165, 1.54) is 16.7 Å². The predicted octanol–water partition coefficient (Wildman–Crippen LogP) is 3.68. The van der Waals surface area contributed by atoms with Crippen molar-refractivity contribution >= 4 is 5.91 Å². The molecule has 0 aromatic heterocycles. The van der Waals surface area contributed by atoms with Crippen LogP contribution < -0.4 is 5.73 Å². The average molecular weight is 334 g/mol. The van der Waals surface area contributed by atoms with Gasteiger partial charge in [-0.1, -0.05) is 61.0 Å². The van der Waals surface area contributed by atoms with Crippen molar-refractivity contribution in [3.63, 3.8) is 0 Å². The summed E-state index contributed by atoms with van der Waals surface area (Å²) in [6.07, 6.45) is 4.83. The number of amides is 1. The van der Waals surface area contributed by atoms with Crippen molar-refractivity contribution in [3.05, 3.63) is 71.3 Å². The van der Waals surface area contributed by atoms with Gasteiger partial charge in [-0.05, 0) is 41.9 Å². The van der Waals surface area contributed by atoms with E-state index in [4.69, 9.17) is 5.73 Å². The van der Waals surface area contributed by atoms with Crippen LogP contribution in [0.15, 0.2) is 54.6 Å². The zero-order chi connectivity index (χ0) is 17.2. The number of nitrogens with two attached hydrogens (primary N) is 1. The summed E-state index contributed by atoms with van der Waals surface area (Å²) in [5, 5.41) is 0. The second kappa shape index (κ2) is 7.01. The van der Waals surface area contributed by atoms with Gasteiger partial charge in [-0.15, -0.1) is 0 Å². The molecule has 1 unspecified atom stereocenters. The molecule has 1 amide bonds. The standard InChI is InChI=1S/C22H26N2O/c23-20-12-6-10-18(20)15-21(25)24-14-13-16-7-4-5-11-19(16)22(24)17-8-2-1-3-9-17/h1-5,7-9,11,18,20,22H,6,10,12-15,23H2/t18-,20+,22?/m0/s1. The third kappa shape index (κ3) is 3.21. The van der Waals surface area contributed by atoms with Crippen LogP contribution in [0, 0.1) is 5.92 Å². The third-order valence-corrected chi connectivity index (χ3v) is 5.87. The molecule has 2 aromatic carbocycles. The Kier molecular flexibility index (Phi) is 4.58. The summed E-state index contributed by atoms with van der Waals surface area (Å²) in [7, 11) is 0. The van der Waals surface area contributed by atoms with Crippen molar-refractivity contribution in [2.24, 2.45) is 11.7 Å². The Bertz CT molecular complexity index is 743. The maximum absolute atomic E-state index is 13.2. The van der Waals surface area contributed by atoms with Crippen LogP contribution in [0.5, 0.6) is 0 Å². The van der Waals surface area contributed by atoms with Crippen LogP contribution in [0.1, 0.15) is 48.4 Å². The fourth-order valence-corrected chi connectivity index (χ4v) is 4.49. The lowest BCUT2D eigenvalue weighted by atomic mass is 9.87.